The van der Waals surface area contributed by atoms with Crippen LogP contribution in [-0.4, -0.2) is 49.4 Å². The number of imidazole rings is 1. The topological polar surface area (TPSA) is 74.6 Å². The van der Waals surface area contributed by atoms with E-state index < -0.39 is 0 Å². The molecule has 1 amide bonds. The van der Waals surface area contributed by atoms with Crippen LogP contribution in [0.5, 0.6) is 11.5 Å². The number of aryl methyl sites for hydroxylation is 2. The Kier molecular flexibility index (Phi) is 11.3. The summed E-state index contributed by atoms with van der Waals surface area (Å²) in [5.74, 6) is 2.60. The maximum Gasteiger partial charge on any atom is 0.245 e. The number of unbranched alkanes of at least 4 members (excludes halogenated alkanes) is 3. The Morgan fingerprint density at radius 3 is 2.72 bits per heavy atom. The number of fused-ring (bicyclic) bond motifs is 1. The predicted octanol–water partition coefficient (Wildman–Crippen LogP) is 5.11. The van der Waals surface area contributed by atoms with Crippen molar-refractivity contribution >= 4 is 16.9 Å². The highest BCUT2D eigenvalue weighted by Crippen LogP contribution is 2.28. The van der Waals surface area contributed by atoms with E-state index in [9.17, 15) is 4.79 Å². The van der Waals surface area contributed by atoms with Crippen LogP contribution in [0.25, 0.3) is 11.0 Å². The second-order valence-electron chi connectivity index (χ2n) is 8.80. The number of benzene rings is 2. The van der Waals surface area contributed by atoms with E-state index >= 15 is 0 Å². The predicted molar refractivity (Wildman–Crippen MR) is 144 cm³/mol. The number of carbonyl (C=O) groups is 1. The molecular formula is C29H39N3O4. The van der Waals surface area contributed by atoms with Crippen molar-refractivity contribution in [1.29, 1.82) is 0 Å². The van der Waals surface area contributed by atoms with Gasteiger partial charge >= 0.3 is 0 Å². The van der Waals surface area contributed by atoms with Crippen molar-refractivity contribution in [2.75, 3.05) is 34.0 Å². The van der Waals surface area contributed by atoms with E-state index in [1.807, 2.05) is 24.3 Å². The van der Waals surface area contributed by atoms with Crippen LogP contribution in [0.3, 0.4) is 0 Å². The van der Waals surface area contributed by atoms with E-state index in [0.717, 1.165) is 79.9 Å². The van der Waals surface area contributed by atoms with Gasteiger partial charge in [0.05, 0.1) is 24.8 Å². The highest BCUT2D eigenvalue weighted by molar-refractivity contribution is 5.77. The number of nitrogens with one attached hydrogen (secondary N) is 1. The summed E-state index contributed by atoms with van der Waals surface area (Å²) in [6.07, 6.45) is 8.57. The van der Waals surface area contributed by atoms with Crippen LogP contribution in [0.2, 0.25) is 0 Å². The van der Waals surface area contributed by atoms with E-state index in [-0.39, 0.29) is 12.5 Å². The molecule has 0 aliphatic rings. The standard InChI is InChI=1S/C29H39N3O4/c1-4-12-23-16-17-26(27(21-23)35-3)36-20-11-10-19-32-25-14-8-7-13-24(25)31-28(32)15-6-5-9-18-30-29(33)22-34-2/h4,7-8,13-14,16-17,21H,1,5-6,9-12,15,18-20,22H2,2-3H3,(H,30,33). The summed E-state index contributed by atoms with van der Waals surface area (Å²) in [4.78, 5) is 16.4. The van der Waals surface area contributed by atoms with Gasteiger partial charge in [0.1, 0.15) is 12.4 Å². The molecule has 3 rings (SSSR count). The highest BCUT2D eigenvalue weighted by atomic mass is 16.5. The number of hydrogen-bond acceptors (Lipinski definition) is 5. The van der Waals surface area contributed by atoms with Gasteiger partial charge in [-0.05, 0) is 61.9 Å². The molecule has 0 radical (unpaired) electrons. The Morgan fingerprint density at radius 1 is 1.06 bits per heavy atom. The monoisotopic (exact) mass is 493 g/mol. The first-order chi connectivity index (χ1) is 17.7. The first-order valence-electron chi connectivity index (χ1n) is 12.8. The zero-order chi connectivity index (χ0) is 25.6. The van der Waals surface area contributed by atoms with Crippen LogP contribution in [0.15, 0.2) is 55.1 Å². The molecule has 7 nitrogen and oxygen atoms in total. The summed E-state index contributed by atoms with van der Waals surface area (Å²) in [5.41, 5.74) is 3.38. The second-order valence-corrected chi connectivity index (χ2v) is 8.80. The third-order valence-electron chi connectivity index (χ3n) is 6.05. The van der Waals surface area contributed by atoms with E-state index in [1.165, 1.54) is 12.6 Å². The summed E-state index contributed by atoms with van der Waals surface area (Å²) in [6, 6.07) is 14.4. The minimum absolute atomic E-state index is 0.0635. The minimum Gasteiger partial charge on any atom is -0.493 e. The quantitative estimate of drug-likeness (QED) is 0.209. The molecule has 0 spiro atoms. The number of amides is 1. The van der Waals surface area contributed by atoms with Crippen molar-refractivity contribution in [2.45, 2.75) is 51.5 Å². The van der Waals surface area contributed by atoms with Crippen LogP contribution < -0.4 is 14.8 Å². The largest absolute Gasteiger partial charge is 0.493 e. The van der Waals surface area contributed by atoms with Crippen molar-refractivity contribution in [3.63, 3.8) is 0 Å². The van der Waals surface area contributed by atoms with E-state index in [4.69, 9.17) is 19.2 Å². The van der Waals surface area contributed by atoms with Gasteiger partial charge in [-0.25, -0.2) is 4.98 Å². The van der Waals surface area contributed by atoms with E-state index in [2.05, 4.69) is 40.7 Å². The first kappa shape index (κ1) is 27.3. The molecule has 1 heterocycles. The van der Waals surface area contributed by atoms with Gasteiger partial charge in [-0.2, -0.15) is 0 Å². The van der Waals surface area contributed by atoms with Gasteiger partial charge in [0.15, 0.2) is 11.5 Å². The number of aromatic nitrogens is 2. The number of para-hydroxylation sites is 2. The number of allylic oxidation sites excluding steroid dienone is 1. The van der Waals surface area contributed by atoms with Gasteiger partial charge in [0.25, 0.3) is 0 Å². The summed E-state index contributed by atoms with van der Waals surface area (Å²) in [7, 11) is 3.20. The minimum atomic E-state index is -0.0635. The van der Waals surface area contributed by atoms with Gasteiger partial charge < -0.3 is 24.1 Å². The summed E-state index contributed by atoms with van der Waals surface area (Å²) in [6.45, 7) is 6.13. The molecule has 0 unspecified atom stereocenters. The summed E-state index contributed by atoms with van der Waals surface area (Å²) in [5, 5.41) is 2.87. The van der Waals surface area contributed by atoms with Gasteiger partial charge in [-0.1, -0.05) is 30.7 Å². The van der Waals surface area contributed by atoms with Crippen molar-refractivity contribution < 1.29 is 19.0 Å². The third kappa shape index (κ3) is 8.12. The van der Waals surface area contributed by atoms with Crippen molar-refractivity contribution in [1.82, 2.24) is 14.9 Å². The van der Waals surface area contributed by atoms with Crippen LogP contribution in [0.4, 0.5) is 0 Å². The lowest BCUT2D eigenvalue weighted by Gasteiger charge is -2.13. The third-order valence-corrected chi connectivity index (χ3v) is 6.05. The Labute approximate surface area is 214 Å². The molecule has 36 heavy (non-hydrogen) atoms. The van der Waals surface area contributed by atoms with Crippen molar-refractivity contribution in [2.24, 2.45) is 0 Å². The van der Waals surface area contributed by atoms with Gasteiger partial charge in [-0.15, -0.1) is 6.58 Å². The summed E-state index contributed by atoms with van der Waals surface area (Å²) < 4.78 is 18.7. The molecule has 0 atom stereocenters. The number of nitrogens with zero attached hydrogens (tertiary/aromatic N) is 2. The Hall–Kier alpha value is -3.32. The molecular weight excluding hydrogens is 454 g/mol. The fourth-order valence-electron chi connectivity index (χ4n) is 4.24. The number of methoxy groups -OCH3 is 2. The zero-order valence-electron chi connectivity index (χ0n) is 21.6. The van der Waals surface area contributed by atoms with E-state index in [0.29, 0.717) is 13.2 Å². The molecule has 7 heteroatoms. The lowest BCUT2D eigenvalue weighted by molar-refractivity contribution is -0.124. The van der Waals surface area contributed by atoms with Gasteiger partial charge in [-0.3, -0.25) is 4.79 Å². The molecule has 0 saturated heterocycles. The molecule has 0 bridgehead atoms. The van der Waals surface area contributed by atoms with Gasteiger partial charge in [0, 0.05) is 26.6 Å². The van der Waals surface area contributed by atoms with Crippen LogP contribution in [0, 0.1) is 0 Å². The normalized spacial score (nSPS) is 10.9. The maximum atomic E-state index is 11.5. The SMILES string of the molecule is C=CCc1ccc(OCCCCn2c(CCCCCNC(=O)COC)nc3ccccc32)c(OC)c1. The highest BCUT2D eigenvalue weighted by Gasteiger charge is 2.11. The van der Waals surface area contributed by atoms with Crippen molar-refractivity contribution in [3.05, 3.63) is 66.5 Å². The van der Waals surface area contributed by atoms with Crippen LogP contribution in [0.1, 0.15) is 43.5 Å². The number of ether oxygens (including phenoxy) is 3. The Morgan fingerprint density at radius 2 is 1.92 bits per heavy atom. The van der Waals surface area contributed by atoms with Crippen LogP contribution >= 0.6 is 0 Å². The average molecular weight is 494 g/mol. The zero-order valence-corrected chi connectivity index (χ0v) is 21.6. The molecule has 0 saturated carbocycles. The van der Waals surface area contributed by atoms with Crippen molar-refractivity contribution in [3.8, 4) is 11.5 Å². The number of hydrogen-bond donors (Lipinski definition) is 1. The molecule has 3 aromatic rings. The fourth-order valence-corrected chi connectivity index (χ4v) is 4.24. The Bertz CT molecular complexity index is 1110. The lowest BCUT2D eigenvalue weighted by Crippen LogP contribution is -2.27. The average Bonchev–Trinajstić information content (AvgIpc) is 3.24. The Balaban J connectivity index is 1.48. The smallest absolute Gasteiger partial charge is 0.245 e. The fraction of sp³-hybridized carbons (Fsp3) is 0.448. The molecule has 0 fully saturated rings. The molecule has 0 aliphatic heterocycles. The lowest BCUT2D eigenvalue weighted by atomic mass is 10.1. The number of rotatable bonds is 17. The molecule has 2 aromatic carbocycles. The molecule has 0 aliphatic carbocycles. The second kappa shape index (κ2) is 14.9. The van der Waals surface area contributed by atoms with E-state index in [1.54, 1.807) is 7.11 Å². The molecule has 1 N–H and O–H groups in total. The van der Waals surface area contributed by atoms with Gasteiger partial charge in [0.2, 0.25) is 5.91 Å². The first-order valence-corrected chi connectivity index (χ1v) is 12.8. The number of carbonyl (C=O) groups excluding carboxylic acids is 1. The van der Waals surface area contributed by atoms with Crippen LogP contribution in [-0.2, 0) is 28.9 Å². The molecule has 194 valence electrons. The molecule has 1 aromatic heterocycles. The summed E-state index contributed by atoms with van der Waals surface area (Å²) >= 11 is 0. The maximum absolute atomic E-state index is 11.5.